The van der Waals surface area contributed by atoms with Gasteiger partial charge in [-0.05, 0) is 64.2 Å². The molecule has 0 spiro atoms. The second kappa shape index (κ2) is 10.6. The lowest BCUT2D eigenvalue weighted by Crippen LogP contribution is -2.49. The van der Waals surface area contributed by atoms with Gasteiger partial charge in [-0.25, -0.2) is 9.67 Å². The average molecular weight is 522 g/mol. The molecule has 7 heteroatoms. The highest BCUT2D eigenvalue weighted by Crippen LogP contribution is 2.29. The number of para-hydroxylation sites is 1. The Morgan fingerprint density at radius 3 is 2.50 bits per heavy atom. The molecule has 1 aromatic heterocycles. The third-order valence-electron chi connectivity index (χ3n) is 5.91. The summed E-state index contributed by atoms with van der Waals surface area (Å²) in [5.41, 5.74) is 4.47. The quantitative estimate of drug-likeness (QED) is 0.345. The summed E-state index contributed by atoms with van der Waals surface area (Å²) in [4.78, 5) is 7.57. The number of likely N-dealkylation sites (tertiary alicyclic amines) is 1. The third-order valence-corrected chi connectivity index (χ3v) is 5.91. The fraction of sp³-hybridized carbons (Fsp3) is 0.565. The number of guanidine groups is 1. The summed E-state index contributed by atoms with van der Waals surface area (Å²) < 4.78 is 2.02. The maximum Gasteiger partial charge on any atom is 0.191 e. The van der Waals surface area contributed by atoms with Crippen molar-refractivity contribution in [2.75, 3.05) is 19.6 Å². The van der Waals surface area contributed by atoms with Crippen LogP contribution in [0, 0.1) is 13.8 Å². The van der Waals surface area contributed by atoms with E-state index in [0.29, 0.717) is 12.6 Å². The first-order valence-electron chi connectivity index (χ1n) is 11.0. The number of piperidine rings is 1. The first kappa shape index (κ1) is 23.1. The zero-order valence-electron chi connectivity index (χ0n) is 18.4. The monoisotopic (exact) mass is 522 g/mol. The molecule has 1 saturated heterocycles. The van der Waals surface area contributed by atoms with Crippen LogP contribution >= 0.6 is 24.0 Å². The maximum absolute atomic E-state index is 4.91. The van der Waals surface area contributed by atoms with Gasteiger partial charge in [-0.1, -0.05) is 18.2 Å². The third kappa shape index (κ3) is 5.75. The summed E-state index contributed by atoms with van der Waals surface area (Å²) in [6.45, 7) is 10.2. The van der Waals surface area contributed by atoms with Crippen molar-refractivity contribution in [1.29, 1.82) is 0 Å². The number of hydrogen-bond donors (Lipinski definition) is 2. The molecule has 0 amide bonds. The van der Waals surface area contributed by atoms with Crippen molar-refractivity contribution in [1.82, 2.24) is 25.3 Å². The Kier molecular flexibility index (Phi) is 8.16. The van der Waals surface area contributed by atoms with Crippen molar-refractivity contribution < 1.29 is 0 Å². The Bertz CT molecular complexity index is 849. The van der Waals surface area contributed by atoms with Crippen LogP contribution in [-0.2, 0) is 6.54 Å². The van der Waals surface area contributed by atoms with E-state index in [4.69, 9.17) is 4.99 Å². The van der Waals surface area contributed by atoms with E-state index < -0.39 is 0 Å². The first-order valence-corrected chi connectivity index (χ1v) is 11.0. The first-order chi connectivity index (χ1) is 14.1. The van der Waals surface area contributed by atoms with Crippen LogP contribution in [0.25, 0.3) is 5.69 Å². The second-order valence-electron chi connectivity index (χ2n) is 8.35. The van der Waals surface area contributed by atoms with Gasteiger partial charge in [0.2, 0.25) is 0 Å². The van der Waals surface area contributed by atoms with Gasteiger partial charge in [0, 0.05) is 37.4 Å². The fourth-order valence-corrected chi connectivity index (χ4v) is 4.25. The molecule has 30 heavy (non-hydrogen) atoms. The molecule has 4 rings (SSSR count). The van der Waals surface area contributed by atoms with Crippen molar-refractivity contribution in [3.05, 3.63) is 47.3 Å². The van der Waals surface area contributed by atoms with Crippen molar-refractivity contribution in [2.45, 2.75) is 65.1 Å². The molecule has 2 fully saturated rings. The molecular formula is C23H35IN6. The minimum Gasteiger partial charge on any atom is -0.357 e. The smallest absolute Gasteiger partial charge is 0.191 e. The average Bonchev–Trinajstić information content (AvgIpc) is 3.51. The second-order valence-corrected chi connectivity index (χ2v) is 8.35. The van der Waals surface area contributed by atoms with Gasteiger partial charge in [0.1, 0.15) is 0 Å². The van der Waals surface area contributed by atoms with E-state index in [1.54, 1.807) is 0 Å². The molecule has 0 bridgehead atoms. The van der Waals surface area contributed by atoms with Crippen LogP contribution in [0.3, 0.4) is 0 Å². The normalized spacial score (nSPS) is 18.2. The number of benzene rings is 1. The topological polar surface area (TPSA) is 57.5 Å². The van der Waals surface area contributed by atoms with Gasteiger partial charge in [0.15, 0.2) is 5.96 Å². The molecule has 164 valence electrons. The fourth-order valence-electron chi connectivity index (χ4n) is 4.25. The predicted octanol–water partition coefficient (Wildman–Crippen LogP) is 3.79. The van der Waals surface area contributed by atoms with Crippen LogP contribution in [0.1, 0.15) is 49.6 Å². The molecule has 1 aromatic carbocycles. The molecule has 2 aliphatic rings. The van der Waals surface area contributed by atoms with Crippen molar-refractivity contribution in [3.63, 3.8) is 0 Å². The largest absolute Gasteiger partial charge is 0.357 e. The van der Waals surface area contributed by atoms with Gasteiger partial charge >= 0.3 is 0 Å². The zero-order chi connectivity index (χ0) is 20.2. The van der Waals surface area contributed by atoms with E-state index in [1.165, 1.54) is 44.3 Å². The van der Waals surface area contributed by atoms with E-state index in [0.717, 1.165) is 35.6 Å². The molecule has 2 heterocycles. The Labute approximate surface area is 197 Å². The number of halogens is 1. The van der Waals surface area contributed by atoms with Crippen molar-refractivity contribution in [2.24, 2.45) is 4.99 Å². The highest BCUT2D eigenvalue weighted by Gasteiger charge is 2.31. The minimum atomic E-state index is 0. The lowest BCUT2D eigenvalue weighted by Gasteiger charge is -2.33. The van der Waals surface area contributed by atoms with Crippen LogP contribution in [0.2, 0.25) is 0 Å². The van der Waals surface area contributed by atoms with Crippen molar-refractivity contribution >= 4 is 29.9 Å². The molecular weight excluding hydrogens is 487 g/mol. The van der Waals surface area contributed by atoms with E-state index in [-0.39, 0.29) is 24.0 Å². The van der Waals surface area contributed by atoms with Gasteiger partial charge < -0.3 is 15.5 Å². The molecule has 6 nitrogen and oxygen atoms in total. The van der Waals surface area contributed by atoms with E-state index >= 15 is 0 Å². The lowest BCUT2D eigenvalue weighted by atomic mass is 10.1. The maximum atomic E-state index is 4.91. The molecule has 0 radical (unpaired) electrons. The molecule has 1 saturated carbocycles. The Morgan fingerprint density at radius 1 is 1.13 bits per heavy atom. The number of hydrogen-bond acceptors (Lipinski definition) is 3. The summed E-state index contributed by atoms with van der Waals surface area (Å²) in [6.07, 6.45) is 5.19. The molecule has 2 aromatic rings. The Morgan fingerprint density at radius 2 is 1.87 bits per heavy atom. The van der Waals surface area contributed by atoms with Gasteiger partial charge in [0.05, 0.1) is 17.9 Å². The molecule has 2 N–H and O–H groups in total. The summed E-state index contributed by atoms with van der Waals surface area (Å²) in [7, 11) is 0. The van der Waals surface area contributed by atoms with E-state index in [1.807, 2.05) is 11.6 Å². The number of rotatable bonds is 6. The number of aromatic nitrogens is 2. The van der Waals surface area contributed by atoms with Crippen LogP contribution in [0.4, 0.5) is 0 Å². The minimum absolute atomic E-state index is 0. The highest BCUT2D eigenvalue weighted by atomic mass is 127. The van der Waals surface area contributed by atoms with Crippen LogP contribution in [-0.4, -0.2) is 52.4 Å². The van der Waals surface area contributed by atoms with Crippen LogP contribution in [0.15, 0.2) is 35.3 Å². The Balaban J connectivity index is 0.00000256. The molecule has 0 unspecified atom stereocenters. The van der Waals surface area contributed by atoms with Gasteiger partial charge in [-0.15, -0.1) is 24.0 Å². The number of nitrogens with zero attached hydrogens (tertiary/aromatic N) is 4. The Hall–Kier alpha value is -1.61. The number of aliphatic imine (C=N–C) groups is 1. The number of aryl methyl sites for hydroxylation is 2. The van der Waals surface area contributed by atoms with Crippen LogP contribution in [0.5, 0.6) is 0 Å². The summed E-state index contributed by atoms with van der Waals surface area (Å²) in [6, 6.07) is 11.9. The predicted molar refractivity (Wildman–Crippen MR) is 134 cm³/mol. The molecule has 1 aliphatic carbocycles. The highest BCUT2D eigenvalue weighted by molar-refractivity contribution is 14.0. The summed E-state index contributed by atoms with van der Waals surface area (Å²) in [5.74, 6) is 0.917. The molecule has 1 aliphatic heterocycles. The van der Waals surface area contributed by atoms with Gasteiger partial charge in [0.25, 0.3) is 0 Å². The van der Waals surface area contributed by atoms with Gasteiger partial charge in [-0.2, -0.15) is 5.10 Å². The standard InChI is InChI=1S/C23H34N6.HI/c1-4-24-23(26-20-11-13-28(14-12-20)21-9-10-21)25-16-19-7-5-6-8-22(19)29-18(3)15-17(2)27-29;/h5-8,15,20-21H,4,9-14,16H2,1-3H3,(H2,24,25,26);1H. The van der Waals surface area contributed by atoms with Crippen molar-refractivity contribution in [3.8, 4) is 5.69 Å². The summed E-state index contributed by atoms with van der Waals surface area (Å²) >= 11 is 0. The van der Waals surface area contributed by atoms with E-state index in [9.17, 15) is 0 Å². The lowest BCUT2D eigenvalue weighted by molar-refractivity contribution is 0.197. The summed E-state index contributed by atoms with van der Waals surface area (Å²) in [5, 5.41) is 11.8. The molecule has 0 atom stereocenters. The van der Waals surface area contributed by atoms with E-state index in [2.05, 4.69) is 64.8 Å². The SMILES string of the molecule is CCNC(=NCc1ccccc1-n1nc(C)cc1C)NC1CCN(C2CC2)CC1.I. The number of nitrogens with one attached hydrogen (secondary N) is 2. The van der Waals surface area contributed by atoms with Crippen LogP contribution < -0.4 is 10.6 Å². The van der Waals surface area contributed by atoms with Gasteiger partial charge in [-0.3, -0.25) is 0 Å². The zero-order valence-corrected chi connectivity index (χ0v) is 20.7.